The van der Waals surface area contributed by atoms with Gasteiger partial charge in [-0.1, -0.05) is 20.3 Å². The van der Waals surface area contributed by atoms with Crippen molar-refractivity contribution < 1.29 is 19.4 Å². The standard InChI is InChI=1S/C16H24N2O4/c1-4-6-13(16(20)21)18-12(5-2)15(19)10-7-8-14(22-3)11(17)9-10/h7-9,12-13,18H,4-6,17H2,1-3H3,(H,20,21). The van der Waals surface area contributed by atoms with Crippen LogP contribution in [0.25, 0.3) is 0 Å². The van der Waals surface area contributed by atoms with E-state index < -0.39 is 18.1 Å². The molecule has 0 fully saturated rings. The van der Waals surface area contributed by atoms with Crippen LogP contribution in [0.3, 0.4) is 0 Å². The molecule has 1 aromatic carbocycles. The van der Waals surface area contributed by atoms with Crippen molar-refractivity contribution in [2.75, 3.05) is 12.8 Å². The number of benzene rings is 1. The molecule has 22 heavy (non-hydrogen) atoms. The van der Waals surface area contributed by atoms with Gasteiger partial charge >= 0.3 is 5.97 Å². The van der Waals surface area contributed by atoms with Gasteiger partial charge in [0.25, 0.3) is 0 Å². The summed E-state index contributed by atoms with van der Waals surface area (Å²) >= 11 is 0. The minimum Gasteiger partial charge on any atom is -0.495 e. The number of carboxylic acid groups (broad SMARTS) is 1. The smallest absolute Gasteiger partial charge is 0.320 e. The molecule has 0 spiro atoms. The van der Waals surface area contributed by atoms with Crippen molar-refractivity contribution in [1.82, 2.24) is 5.32 Å². The molecule has 1 aromatic rings. The zero-order chi connectivity index (χ0) is 16.7. The fourth-order valence-corrected chi connectivity index (χ4v) is 2.28. The predicted octanol–water partition coefficient (Wildman–Crippen LogP) is 2.08. The van der Waals surface area contributed by atoms with E-state index in [0.717, 1.165) is 6.42 Å². The highest BCUT2D eigenvalue weighted by Crippen LogP contribution is 2.23. The highest BCUT2D eigenvalue weighted by molar-refractivity contribution is 6.01. The molecule has 0 aliphatic rings. The van der Waals surface area contributed by atoms with Crippen molar-refractivity contribution in [3.05, 3.63) is 23.8 Å². The molecular formula is C16H24N2O4. The fourth-order valence-electron chi connectivity index (χ4n) is 2.28. The van der Waals surface area contributed by atoms with Crippen molar-refractivity contribution >= 4 is 17.4 Å². The van der Waals surface area contributed by atoms with Gasteiger partial charge in [-0.15, -0.1) is 0 Å². The average Bonchev–Trinajstić information content (AvgIpc) is 2.50. The summed E-state index contributed by atoms with van der Waals surface area (Å²) < 4.78 is 5.06. The van der Waals surface area contributed by atoms with Crippen molar-refractivity contribution in [3.8, 4) is 5.75 Å². The third-order valence-electron chi connectivity index (χ3n) is 3.52. The summed E-state index contributed by atoms with van der Waals surface area (Å²) in [6.45, 7) is 3.75. The molecule has 0 amide bonds. The first-order valence-corrected chi connectivity index (χ1v) is 7.41. The number of ketones is 1. The van der Waals surface area contributed by atoms with Crippen LogP contribution in [-0.2, 0) is 4.79 Å². The molecule has 0 saturated carbocycles. The van der Waals surface area contributed by atoms with Gasteiger partial charge < -0.3 is 15.6 Å². The van der Waals surface area contributed by atoms with Gasteiger partial charge in [-0.3, -0.25) is 14.9 Å². The summed E-state index contributed by atoms with van der Waals surface area (Å²) in [5, 5.41) is 12.1. The summed E-state index contributed by atoms with van der Waals surface area (Å²) in [6.07, 6.45) is 1.70. The normalized spacial score (nSPS) is 13.4. The first-order valence-electron chi connectivity index (χ1n) is 7.41. The molecule has 122 valence electrons. The van der Waals surface area contributed by atoms with E-state index in [2.05, 4.69) is 5.32 Å². The molecule has 0 aliphatic carbocycles. The molecular weight excluding hydrogens is 284 g/mol. The zero-order valence-corrected chi connectivity index (χ0v) is 13.3. The Morgan fingerprint density at radius 1 is 1.32 bits per heavy atom. The van der Waals surface area contributed by atoms with Gasteiger partial charge in [0.05, 0.1) is 18.8 Å². The number of aliphatic carboxylic acids is 1. The molecule has 4 N–H and O–H groups in total. The number of Topliss-reactive ketones (excluding diaryl/α,β-unsaturated/α-hetero) is 1. The Kier molecular flexibility index (Phi) is 6.85. The molecule has 0 saturated heterocycles. The lowest BCUT2D eigenvalue weighted by atomic mass is 9.99. The van der Waals surface area contributed by atoms with E-state index in [4.69, 9.17) is 10.5 Å². The number of nitrogen functional groups attached to an aromatic ring is 1. The molecule has 6 heteroatoms. The maximum atomic E-state index is 12.5. The minimum atomic E-state index is -0.942. The number of methoxy groups -OCH3 is 1. The topological polar surface area (TPSA) is 102 Å². The van der Waals surface area contributed by atoms with E-state index in [1.54, 1.807) is 18.2 Å². The molecule has 0 aliphatic heterocycles. The largest absolute Gasteiger partial charge is 0.495 e. The number of ether oxygens (including phenoxy) is 1. The number of hydrogen-bond donors (Lipinski definition) is 3. The van der Waals surface area contributed by atoms with E-state index in [-0.39, 0.29) is 5.78 Å². The number of carbonyl (C=O) groups excluding carboxylic acids is 1. The van der Waals surface area contributed by atoms with Gasteiger partial charge in [0.1, 0.15) is 11.8 Å². The molecule has 6 nitrogen and oxygen atoms in total. The minimum absolute atomic E-state index is 0.167. The third kappa shape index (κ3) is 4.46. The Hall–Kier alpha value is -2.08. The van der Waals surface area contributed by atoms with Gasteiger partial charge in [-0.05, 0) is 31.0 Å². The lowest BCUT2D eigenvalue weighted by Gasteiger charge is -2.21. The van der Waals surface area contributed by atoms with Crippen LogP contribution < -0.4 is 15.8 Å². The van der Waals surface area contributed by atoms with E-state index >= 15 is 0 Å². The molecule has 0 radical (unpaired) electrons. The second kappa shape index (κ2) is 8.38. The maximum absolute atomic E-state index is 12.5. The Morgan fingerprint density at radius 3 is 2.45 bits per heavy atom. The lowest BCUT2D eigenvalue weighted by molar-refractivity contribution is -0.139. The number of carbonyl (C=O) groups is 2. The van der Waals surface area contributed by atoms with Crippen LogP contribution in [-0.4, -0.2) is 36.1 Å². The zero-order valence-electron chi connectivity index (χ0n) is 13.3. The summed E-state index contributed by atoms with van der Waals surface area (Å²) in [4.78, 5) is 23.8. The van der Waals surface area contributed by atoms with Crippen LogP contribution >= 0.6 is 0 Å². The molecule has 2 unspecified atom stereocenters. The number of nitrogens with one attached hydrogen (secondary N) is 1. The van der Waals surface area contributed by atoms with Gasteiger partial charge in [0, 0.05) is 5.56 Å². The highest BCUT2D eigenvalue weighted by Gasteiger charge is 2.25. The van der Waals surface area contributed by atoms with Crippen molar-refractivity contribution in [2.24, 2.45) is 0 Å². The molecule has 2 atom stereocenters. The predicted molar refractivity (Wildman–Crippen MR) is 85.3 cm³/mol. The van der Waals surface area contributed by atoms with Crippen molar-refractivity contribution in [1.29, 1.82) is 0 Å². The lowest BCUT2D eigenvalue weighted by Crippen LogP contribution is -2.46. The highest BCUT2D eigenvalue weighted by atomic mass is 16.5. The molecule has 1 rings (SSSR count). The molecule has 0 bridgehead atoms. The second-order valence-electron chi connectivity index (χ2n) is 5.13. The summed E-state index contributed by atoms with van der Waals surface area (Å²) in [7, 11) is 1.51. The number of carboxylic acids is 1. The SMILES string of the molecule is CCCC(NC(CC)C(=O)c1ccc(OC)c(N)c1)C(=O)O. The average molecular weight is 308 g/mol. The maximum Gasteiger partial charge on any atom is 0.320 e. The van der Waals surface area contributed by atoms with Crippen LogP contribution in [0, 0.1) is 0 Å². The Labute approximate surface area is 130 Å². The quantitative estimate of drug-likeness (QED) is 0.477. The van der Waals surface area contributed by atoms with Crippen LogP contribution in [0.2, 0.25) is 0 Å². The fraction of sp³-hybridized carbons (Fsp3) is 0.500. The summed E-state index contributed by atoms with van der Waals surface area (Å²) in [5.41, 5.74) is 6.64. The van der Waals surface area contributed by atoms with Gasteiger partial charge in [-0.25, -0.2) is 0 Å². The Morgan fingerprint density at radius 2 is 2.00 bits per heavy atom. The number of anilines is 1. The number of hydrogen-bond acceptors (Lipinski definition) is 5. The third-order valence-corrected chi connectivity index (χ3v) is 3.52. The van der Waals surface area contributed by atoms with Gasteiger partial charge in [-0.2, -0.15) is 0 Å². The summed E-state index contributed by atoms with van der Waals surface area (Å²) in [5.74, 6) is -0.603. The Bertz CT molecular complexity index is 531. The van der Waals surface area contributed by atoms with Crippen LogP contribution in [0.15, 0.2) is 18.2 Å². The van der Waals surface area contributed by atoms with Crippen LogP contribution in [0.1, 0.15) is 43.5 Å². The second-order valence-corrected chi connectivity index (χ2v) is 5.13. The number of rotatable bonds is 9. The Balaban J connectivity index is 2.92. The van der Waals surface area contributed by atoms with Crippen LogP contribution in [0.5, 0.6) is 5.75 Å². The van der Waals surface area contributed by atoms with E-state index in [9.17, 15) is 14.7 Å². The molecule has 0 aromatic heterocycles. The van der Waals surface area contributed by atoms with Crippen molar-refractivity contribution in [2.45, 2.75) is 45.2 Å². The van der Waals surface area contributed by atoms with E-state index in [1.165, 1.54) is 7.11 Å². The van der Waals surface area contributed by atoms with Gasteiger partial charge in [0.15, 0.2) is 5.78 Å². The van der Waals surface area contributed by atoms with Crippen LogP contribution in [0.4, 0.5) is 5.69 Å². The monoisotopic (exact) mass is 308 g/mol. The molecule has 0 heterocycles. The van der Waals surface area contributed by atoms with Crippen molar-refractivity contribution in [3.63, 3.8) is 0 Å². The van der Waals surface area contributed by atoms with E-state index in [0.29, 0.717) is 29.8 Å². The first kappa shape index (κ1) is 18.0. The number of nitrogens with two attached hydrogens (primary N) is 1. The first-order chi connectivity index (χ1) is 10.4. The van der Waals surface area contributed by atoms with E-state index in [1.807, 2.05) is 13.8 Å². The van der Waals surface area contributed by atoms with Gasteiger partial charge in [0.2, 0.25) is 0 Å². The summed E-state index contributed by atoms with van der Waals surface area (Å²) in [6, 6.07) is 3.55.